The average Bonchev–Trinajstić information content (AvgIpc) is 2.93. The van der Waals surface area contributed by atoms with E-state index in [1.165, 1.54) is 6.07 Å². The Morgan fingerprint density at radius 1 is 0.763 bits per heavy atom. The number of halogens is 1. The predicted octanol–water partition coefficient (Wildman–Crippen LogP) is 3.45. The van der Waals surface area contributed by atoms with Gasteiger partial charge >= 0.3 is 11.9 Å². The molecular formula is C27H27ClN2O8. The van der Waals surface area contributed by atoms with Crippen molar-refractivity contribution in [3.8, 4) is 23.0 Å². The van der Waals surface area contributed by atoms with E-state index in [9.17, 15) is 14.4 Å². The van der Waals surface area contributed by atoms with Gasteiger partial charge in [-0.2, -0.15) is 0 Å². The van der Waals surface area contributed by atoms with Gasteiger partial charge in [0.25, 0.3) is 5.91 Å². The van der Waals surface area contributed by atoms with E-state index in [0.717, 1.165) is 16.9 Å². The summed E-state index contributed by atoms with van der Waals surface area (Å²) in [6.07, 6.45) is 0. The summed E-state index contributed by atoms with van der Waals surface area (Å²) >= 11 is 6.60. The van der Waals surface area contributed by atoms with Crippen molar-refractivity contribution in [1.82, 2.24) is 10.6 Å². The molecule has 0 saturated carbocycles. The first-order chi connectivity index (χ1) is 18.3. The molecule has 3 N–H and O–H groups in total. The number of ether oxygens (including phenoxy) is 4. The van der Waals surface area contributed by atoms with E-state index in [4.69, 9.17) is 35.7 Å². The van der Waals surface area contributed by atoms with E-state index in [2.05, 4.69) is 10.6 Å². The van der Waals surface area contributed by atoms with Crippen molar-refractivity contribution in [2.75, 3.05) is 27.3 Å². The molecule has 0 spiro atoms. The maximum absolute atomic E-state index is 12.7. The van der Waals surface area contributed by atoms with Crippen molar-refractivity contribution in [2.24, 2.45) is 0 Å². The smallest absolute Gasteiger partial charge is 0.394 e. The summed E-state index contributed by atoms with van der Waals surface area (Å²) in [6, 6.07) is 17.7. The second kappa shape index (κ2) is 13.8. The van der Waals surface area contributed by atoms with Crippen LogP contribution in [0.5, 0.6) is 23.0 Å². The third-order valence-corrected chi connectivity index (χ3v) is 5.67. The molecule has 0 radical (unpaired) electrons. The number of aliphatic carboxylic acids is 1. The van der Waals surface area contributed by atoms with E-state index in [0.29, 0.717) is 11.5 Å². The van der Waals surface area contributed by atoms with Crippen molar-refractivity contribution in [1.29, 1.82) is 0 Å². The lowest BCUT2D eigenvalue weighted by atomic mass is 10.1. The molecule has 2 amide bonds. The van der Waals surface area contributed by atoms with Gasteiger partial charge < -0.3 is 34.7 Å². The largest absolute Gasteiger partial charge is 0.497 e. The number of carbonyl (C=O) groups excluding carboxylic acids is 2. The van der Waals surface area contributed by atoms with Crippen LogP contribution in [-0.4, -0.2) is 50.2 Å². The average molecular weight is 543 g/mol. The fourth-order valence-electron chi connectivity index (χ4n) is 3.24. The first-order valence-electron chi connectivity index (χ1n) is 11.5. The molecule has 0 aliphatic carbocycles. The van der Waals surface area contributed by atoms with Crippen molar-refractivity contribution in [3.05, 3.63) is 82.4 Å². The van der Waals surface area contributed by atoms with Crippen LogP contribution in [-0.2, 0) is 22.8 Å². The Hall–Kier alpha value is -4.44. The number of rotatable bonds is 12. The molecule has 10 nitrogen and oxygen atoms in total. The number of carbonyl (C=O) groups is 3. The molecule has 3 aromatic rings. The Morgan fingerprint density at radius 3 is 1.82 bits per heavy atom. The summed E-state index contributed by atoms with van der Waals surface area (Å²) in [5.41, 5.74) is 1.85. The van der Waals surface area contributed by atoms with Gasteiger partial charge in [0.05, 0.1) is 24.8 Å². The van der Waals surface area contributed by atoms with Gasteiger partial charge in [0.2, 0.25) is 0 Å². The van der Waals surface area contributed by atoms with Gasteiger partial charge in [-0.15, -0.1) is 0 Å². The van der Waals surface area contributed by atoms with Gasteiger partial charge in [-0.1, -0.05) is 35.9 Å². The number of methoxy groups -OCH3 is 2. The number of nitrogens with one attached hydrogen (secondary N) is 2. The topological polar surface area (TPSA) is 132 Å². The Kier molecular flexibility index (Phi) is 10.2. The standard InChI is InChI=1S/C27H27ClN2O8/c1-35-19-7-3-17(4-8-19)15-37-22-12-11-21(25(31)29-13-14-30-26(32)27(33)34)23(28)24(22)38-16-18-5-9-20(36-2)10-6-18/h3-12H,13-16H2,1-2H3,(H,29,31)(H,30,32)(H,33,34). The predicted molar refractivity (Wildman–Crippen MR) is 139 cm³/mol. The molecule has 0 aliphatic heterocycles. The number of carboxylic acids is 1. The molecule has 0 bridgehead atoms. The summed E-state index contributed by atoms with van der Waals surface area (Å²) in [6.45, 7) is 0.285. The summed E-state index contributed by atoms with van der Waals surface area (Å²) in [5.74, 6) is -1.36. The molecule has 3 aromatic carbocycles. The third kappa shape index (κ3) is 7.78. The van der Waals surface area contributed by atoms with E-state index in [1.54, 1.807) is 32.4 Å². The minimum Gasteiger partial charge on any atom is -0.497 e. The first-order valence-corrected chi connectivity index (χ1v) is 11.8. The van der Waals surface area contributed by atoms with Crippen LogP contribution in [0.4, 0.5) is 0 Å². The van der Waals surface area contributed by atoms with Gasteiger partial charge in [0.15, 0.2) is 11.5 Å². The van der Waals surface area contributed by atoms with Crippen LogP contribution >= 0.6 is 11.6 Å². The van der Waals surface area contributed by atoms with Crippen LogP contribution in [0.25, 0.3) is 0 Å². The lowest BCUT2D eigenvalue weighted by molar-refractivity contribution is -0.150. The highest BCUT2D eigenvalue weighted by atomic mass is 35.5. The molecule has 0 aromatic heterocycles. The number of amides is 2. The number of hydrogen-bond donors (Lipinski definition) is 3. The molecule has 0 aliphatic rings. The van der Waals surface area contributed by atoms with Gasteiger partial charge in [0.1, 0.15) is 24.7 Å². The molecular weight excluding hydrogens is 516 g/mol. The molecule has 0 heterocycles. The van der Waals surface area contributed by atoms with Gasteiger partial charge in [0, 0.05) is 13.1 Å². The summed E-state index contributed by atoms with van der Waals surface area (Å²) in [4.78, 5) is 34.4. The second-order valence-corrected chi connectivity index (χ2v) is 8.22. The Bertz CT molecular complexity index is 1260. The van der Waals surface area contributed by atoms with Crippen LogP contribution in [0.2, 0.25) is 5.02 Å². The highest BCUT2D eigenvalue weighted by molar-refractivity contribution is 6.35. The zero-order valence-electron chi connectivity index (χ0n) is 20.8. The summed E-state index contributed by atoms with van der Waals surface area (Å²) in [7, 11) is 3.16. The Balaban J connectivity index is 1.76. The normalized spacial score (nSPS) is 10.3. The lowest BCUT2D eigenvalue weighted by Gasteiger charge is -2.17. The first kappa shape index (κ1) is 28.1. The van der Waals surface area contributed by atoms with E-state index in [1.807, 2.05) is 36.4 Å². The third-order valence-electron chi connectivity index (χ3n) is 5.29. The summed E-state index contributed by atoms with van der Waals surface area (Å²) < 4.78 is 22.3. The van der Waals surface area contributed by atoms with Gasteiger partial charge in [-0.05, 0) is 47.5 Å². The van der Waals surface area contributed by atoms with Crippen LogP contribution in [0.1, 0.15) is 21.5 Å². The van der Waals surface area contributed by atoms with E-state index in [-0.39, 0.29) is 42.6 Å². The Labute approximate surface area is 224 Å². The lowest BCUT2D eigenvalue weighted by Crippen LogP contribution is -2.37. The maximum atomic E-state index is 12.7. The molecule has 0 saturated heterocycles. The van der Waals surface area contributed by atoms with Crippen molar-refractivity contribution >= 4 is 29.4 Å². The minimum absolute atomic E-state index is 0.00799. The van der Waals surface area contributed by atoms with Crippen molar-refractivity contribution < 1.29 is 38.4 Å². The van der Waals surface area contributed by atoms with E-state index < -0.39 is 17.8 Å². The van der Waals surface area contributed by atoms with Gasteiger partial charge in [-0.3, -0.25) is 9.59 Å². The fraction of sp³-hybridized carbons (Fsp3) is 0.222. The molecule has 11 heteroatoms. The Morgan fingerprint density at radius 2 is 1.29 bits per heavy atom. The van der Waals surface area contributed by atoms with Crippen LogP contribution in [0, 0.1) is 0 Å². The minimum atomic E-state index is -1.61. The highest BCUT2D eigenvalue weighted by Crippen LogP contribution is 2.39. The quantitative estimate of drug-likeness (QED) is 0.234. The second-order valence-electron chi connectivity index (χ2n) is 7.84. The monoisotopic (exact) mass is 542 g/mol. The SMILES string of the molecule is COc1ccc(COc2ccc(C(=O)NCCNC(=O)C(=O)O)c(Cl)c2OCc2ccc(OC)cc2)cc1. The van der Waals surface area contributed by atoms with Crippen molar-refractivity contribution in [2.45, 2.75) is 13.2 Å². The molecule has 0 fully saturated rings. The molecule has 0 unspecified atom stereocenters. The maximum Gasteiger partial charge on any atom is 0.394 e. The number of benzene rings is 3. The van der Waals surface area contributed by atoms with Crippen LogP contribution in [0.3, 0.4) is 0 Å². The number of hydrogen-bond acceptors (Lipinski definition) is 7. The van der Waals surface area contributed by atoms with Crippen LogP contribution < -0.4 is 29.6 Å². The van der Waals surface area contributed by atoms with Crippen molar-refractivity contribution in [3.63, 3.8) is 0 Å². The number of carboxylic acid groups (broad SMARTS) is 1. The summed E-state index contributed by atoms with van der Waals surface area (Å²) in [5, 5.41) is 13.4. The fourth-order valence-corrected chi connectivity index (χ4v) is 3.54. The molecule has 0 atom stereocenters. The van der Waals surface area contributed by atoms with E-state index >= 15 is 0 Å². The zero-order valence-corrected chi connectivity index (χ0v) is 21.5. The molecule has 3 rings (SSSR count). The highest BCUT2D eigenvalue weighted by Gasteiger charge is 2.20. The van der Waals surface area contributed by atoms with Gasteiger partial charge in [-0.25, -0.2) is 4.79 Å². The molecule has 38 heavy (non-hydrogen) atoms. The molecule has 200 valence electrons. The zero-order chi connectivity index (χ0) is 27.5. The van der Waals surface area contributed by atoms with Crippen LogP contribution in [0.15, 0.2) is 60.7 Å².